The van der Waals surface area contributed by atoms with E-state index in [2.05, 4.69) is 0 Å². The van der Waals surface area contributed by atoms with Gasteiger partial charge in [0, 0.05) is 6.42 Å². The van der Waals surface area contributed by atoms with Gasteiger partial charge in [0.25, 0.3) is 0 Å². The maximum absolute atomic E-state index is 12.1. The second-order valence-electron chi connectivity index (χ2n) is 3.71. The fourth-order valence-electron chi connectivity index (χ4n) is 1.77. The Hall–Kier alpha value is -2.16. The van der Waals surface area contributed by atoms with Crippen molar-refractivity contribution in [3.63, 3.8) is 0 Å². The molecule has 0 amide bonds. The largest absolute Gasteiger partial charge is 0.461 e. The molecule has 0 saturated heterocycles. The summed E-state index contributed by atoms with van der Waals surface area (Å²) in [6, 6.07) is 12.5. The molecule has 86 valence electrons. The molecule has 2 rings (SSSR count). The van der Waals surface area contributed by atoms with E-state index in [0.29, 0.717) is 5.76 Å². The lowest BCUT2D eigenvalue weighted by molar-refractivity contribution is -0.108. The van der Waals surface area contributed by atoms with Crippen LogP contribution in [0.25, 0.3) is 0 Å². The minimum atomic E-state index is -0.458. The summed E-state index contributed by atoms with van der Waals surface area (Å²) in [4.78, 5) is 22.8. The second-order valence-corrected chi connectivity index (χ2v) is 3.71. The van der Waals surface area contributed by atoms with Crippen molar-refractivity contribution in [3.8, 4) is 0 Å². The fraction of sp³-hybridized carbons (Fsp3) is 0.143. The molecule has 1 atom stereocenters. The maximum Gasteiger partial charge on any atom is 0.205 e. The molecule has 1 aromatic heterocycles. The summed E-state index contributed by atoms with van der Waals surface area (Å²) in [5.41, 5.74) is 0.834. The SMILES string of the molecule is O=CC[C@H](C(=O)c1ccco1)c1ccccc1. The van der Waals surface area contributed by atoms with Crippen LogP contribution < -0.4 is 0 Å². The van der Waals surface area contributed by atoms with Crippen molar-refractivity contribution in [2.24, 2.45) is 0 Å². The number of aldehydes is 1. The number of ketones is 1. The molecule has 0 N–H and O–H groups in total. The number of carbonyl (C=O) groups is 2. The van der Waals surface area contributed by atoms with Crippen LogP contribution in [0.2, 0.25) is 0 Å². The van der Waals surface area contributed by atoms with Gasteiger partial charge in [-0.3, -0.25) is 4.79 Å². The van der Waals surface area contributed by atoms with Gasteiger partial charge < -0.3 is 9.21 Å². The van der Waals surface area contributed by atoms with Gasteiger partial charge in [0.2, 0.25) is 5.78 Å². The molecule has 1 aromatic carbocycles. The smallest absolute Gasteiger partial charge is 0.205 e. The topological polar surface area (TPSA) is 47.3 Å². The Morgan fingerprint density at radius 3 is 2.53 bits per heavy atom. The third kappa shape index (κ3) is 2.50. The van der Waals surface area contributed by atoms with Crippen LogP contribution in [0, 0.1) is 0 Å². The van der Waals surface area contributed by atoms with Gasteiger partial charge in [0.05, 0.1) is 12.2 Å². The number of carbonyl (C=O) groups excluding carboxylic acids is 2. The van der Waals surface area contributed by atoms with E-state index in [4.69, 9.17) is 4.42 Å². The van der Waals surface area contributed by atoms with E-state index >= 15 is 0 Å². The van der Waals surface area contributed by atoms with Crippen LogP contribution in [-0.4, -0.2) is 12.1 Å². The second kappa shape index (κ2) is 5.25. The first kappa shape index (κ1) is 11.3. The van der Waals surface area contributed by atoms with E-state index in [1.165, 1.54) is 6.26 Å². The zero-order chi connectivity index (χ0) is 12.1. The van der Waals surface area contributed by atoms with Crippen LogP contribution in [0.15, 0.2) is 53.1 Å². The molecule has 0 aliphatic heterocycles. The number of rotatable bonds is 5. The minimum absolute atomic E-state index is 0.159. The molecule has 0 aliphatic carbocycles. The van der Waals surface area contributed by atoms with Crippen molar-refractivity contribution in [2.75, 3.05) is 0 Å². The van der Waals surface area contributed by atoms with Gasteiger partial charge >= 0.3 is 0 Å². The van der Waals surface area contributed by atoms with Gasteiger partial charge in [-0.2, -0.15) is 0 Å². The molecule has 3 nitrogen and oxygen atoms in total. The van der Waals surface area contributed by atoms with Gasteiger partial charge in [0.15, 0.2) is 5.76 Å². The highest BCUT2D eigenvalue weighted by Gasteiger charge is 2.23. The first-order valence-corrected chi connectivity index (χ1v) is 5.39. The van der Waals surface area contributed by atoms with Crippen LogP contribution in [0.3, 0.4) is 0 Å². The van der Waals surface area contributed by atoms with Gasteiger partial charge in [-0.15, -0.1) is 0 Å². The molecule has 0 fully saturated rings. The monoisotopic (exact) mass is 228 g/mol. The lowest BCUT2D eigenvalue weighted by atomic mass is 9.91. The predicted octanol–water partition coefficient (Wildman–Crippen LogP) is 2.84. The van der Waals surface area contributed by atoms with Crippen molar-refractivity contribution >= 4 is 12.1 Å². The van der Waals surface area contributed by atoms with Gasteiger partial charge in [-0.25, -0.2) is 0 Å². The van der Waals surface area contributed by atoms with E-state index in [1.54, 1.807) is 12.1 Å². The molecule has 3 heteroatoms. The molecular weight excluding hydrogens is 216 g/mol. The molecule has 0 spiro atoms. The Labute approximate surface area is 99.1 Å². The van der Waals surface area contributed by atoms with E-state index in [0.717, 1.165) is 11.8 Å². The molecule has 0 radical (unpaired) electrons. The zero-order valence-electron chi connectivity index (χ0n) is 9.21. The van der Waals surface area contributed by atoms with E-state index in [-0.39, 0.29) is 12.2 Å². The molecule has 2 aromatic rings. The Morgan fingerprint density at radius 2 is 1.94 bits per heavy atom. The number of Topliss-reactive ketones (excluding diaryl/α,β-unsaturated/α-hetero) is 1. The van der Waals surface area contributed by atoms with Crippen LogP contribution in [-0.2, 0) is 4.79 Å². The third-order valence-corrected chi connectivity index (χ3v) is 2.61. The van der Waals surface area contributed by atoms with E-state index in [1.807, 2.05) is 30.3 Å². The van der Waals surface area contributed by atoms with Gasteiger partial charge in [-0.05, 0) is 17.7 Å². The third-order valence-electron chi connectivity index (χ3n) is 2.61. The van der Waals surface area contributed by atoms with Crippen LogP contribution in [0.4, 0.5) is 0 Å². The average Bonchev–Trinajstić information content (AvgIpc) is 2.90. The molecule has 0 unspecified atom stereocenters. The summed E-state index contributed by atoms with van der Waals surface area (Å²) >= 11 is 0. The molecular formula is C14H12O3. The number of benzene rings is 1. The van der Waals surface area contributed by atoms with Crippen molar-refractivity contribution in [3.05, 3.63) is 60.1 Å². The quantitative estimate of drug-likeness (QED) is 0.584. The lowest BCUT2D eigenvalue weighted by Gasteiger charge is -2.11. The molecule has 1 heterocycles. The molecule has 17 heavy (non-hydrogen) atoms. The standard InChI is InChI=1S/C14H12O3/c15-9-8-12(11-5-2-1-3-6-11)14(16)13-7-4-10-17-13/h1-7,9-10,12H,8H2/t12-/m0/s1. The summed E-state index contributed by atoms with van der Waals surface area (Å²) in [5, 5.41) is 0. The highest BCUT2D eigenvalue weighted by Crippen LogP contribution is 2.23. The van der Waals surface area contributed by atoms with Crippen molar-refractivity contribution in [1.82, 2.24) is 0 Å². The normalized spacial score (nSPS) is 12.0. The average molecular weight is 228 g/mol. The van der Waals surface area contributed by atoms with Crippen LogP contribution >= 0.6 is 0 Å². The van der Waals surface area contributed by atoms with Gasteiger partial charge in [0.1, 0.15) is 6.29 Å². The Kier molecular flexibility index (Phi) is 3.50. The van der Waals surface area contributed by atoms with Crippen molar-refractivity contribution in [2.45, 2.75) is 12.3 Å². The first-order valence-electron chi connectivity index (χ1n) is 5.39. The van der Waals surface area contributed by atoms with Gasteiger partial charge in [-0.1, -0.05) is 30.3 Å². The fourth-order valence-corrected chi connectivity index (χ4v) is 1.77. The highest BCUT2D eigenvalue weighted by molar-refractivity contribution is 5.99. The Morgan fingerprint density at radius 1 is 1.18 bits per heavy atom. The number of hydrogen-bond acceptors (Lipinski definition) is 3. The lowest BCUT2D eigenvalue weighted by Crippen LogP contribution is -2.12. The molecule has 0 saturated carbocycles. The summed E-state index contributed by atoms with van der Waals surface area (Å²) in [6.07, 6.45) is 2.39. The summed E-state index contributed by atoms with van der Waals surface area (Å²) in [5.74, 6) is -0.325. The van der Waals surface area contributed by atoms with E-state index < -0.39 is 5.92 Å². The zero-order valence-corrected chi connectivity index (χ0v) is 9.21. The van der Waals surface area contributed by atoms with Crippen LogP contribution in [0.1, 0.15) is 28.5 Å². The van der Waals surface area contributed by atoms with Crippen molar-refractivity contribution in [1.29, 1.82) is 0 Å². The Bertz CT molecular complexity index is 485. The maximum atomic E-state index is 12.1. The first-order chi connectivity index (χ1) is 8.33. The van der Waals surface area contributed by atoms with E-state index in [9.17, 15) is 9.59 Å². The number of hydrogen-bond donors (Lipinski definition) is 0. The summed E-state index contributed by atoms with van der Waals surface area (Å²) < 4.78 is 5.08. The summed E-state index contributed by atoms with van der Waals surface area (Å²) in [6.45, 7) is 0. The highest BCUT2D eigenvalue weighted by atomic mass is 16.3. The number of furan rings is 1. The molecule has 0 bridgehead atoms. The van der Waals surface area contributed by atoms with Crippen LogP contribution in [0.5, 0.6) is 0 Å². The molecule has 0 aliphatic rings. The minimum Gasteiger partial charge on any atom is -0.461 e. The Balaban J connectivity index is 2.30. The van der Waals surface area contributed by atoms with Crippen molar-refractivity contribution < 1.29 is 14.0 Å². The summed E-state index contributed by atoms with van der Waals surface area (Å²) in [7, 11) is 0. The predicted molar refractivity (Wildman–Crippen MR) is 62.9 cm³/mol.